The molecule has 0 aliphatic carbocycles. The van der Waals surface area contributed by atoms with Crippen LogP contribution < -0.4 is 5.73 Å². The molecule has 1 aromatic carbocycles. The smallest absolute Gasteiger partial charge is 0.410 e. The average molecular weight is 473 g/mol. The van der Waals surface area contributed by atoms with Gasteiger partial charge in [-0.25, -0.2) is 14.5 Å². The fraction of sp³-hybridized carbons (Fsp3) is 0.500. The normalized spacial score (nSPS) is 20.1. The first kappa shape index (κ1) is 24.8. The van der Waals surface area contributed by atoms with Crippen molar-refractivity contribution in [3.8, 4) is 0 Å². The van der Waals surface area contributed by atoms with Crippen LogP contribution in [0.25, 0.3) is 0 Å². The number of non-ortho nitro benzene ring substituents is 1. The molecule has 0 radical (unpaired) electrons. The maximum atomic E-state index is 12.9. The molecule has 1 aromatic rings. The van der Waals surface area contributed by atoms with Gasteiger partial charge in [-0.1, -0.05) is 0 Å². The topological polar surface area (TPSA) is 156 Å². The Morgan fingerprint density at radius 2 is 2.03 bits per heavy atom. The molecule has 1 aliphatic heterocycles. The maximum absolute atomic E-state index is 12.9. The van der Waals surface area contributed by atoms with Crippen LogP contribution in [0.15, 0.2) is 24.3 Å². The lowest BCUT2D eigenvalue weighted by molar-refractivity contribution is -0.384. The van der Waals surface area contributed by atoms with Gasteiger partial charge in [0.2, 0.25) is 5.91 Å². The zero-order valence-corrected chi connectivity index (χ0v) is 18.6. The van der Waals surface area contributed by atoms with Gasteiger partial charge < -0.3 is 20.5 Å². The van der Waals surface area contributed by atoms with E-state index in [-0.39, 0.29) is 24.1 Å². The molecule has 0 saturated carbocycles. The van der Waals surface area contributed by atoms with Crippen LogP contribution in [0.3, 0.4) is 0 Å². The van der Waals surface area contributed by atoms with E-state index in [0.29, 0.717) is 16.9 Å². The second-order valence-corrected chi connectivity index (χ2v) is 8.63. The zero-order valence-electron chi connectivity index (χ0n) is 16.9. The third-order valence-corrected chi connectivity index (χ3v) is 6.16. The first-order chi connectivity index (χ1) is 14.6. The number of nitro groups is 1. The van der Waals surface area contributed by atoms with Crippen molar-refractivity contribution in [1.82, 2.24) is 9.80 Å². The number of aliphatic hydroxyl groups excluding tert-OH is 1. The van der Waals surface area contributed by atoms with Crippen molar-refractivity contribution in [2.45, 2.75) is 42.7 Å². The zero-order chi connectivity index (χ0) is 23.3. The summed E-state index contributed by atoms with van der Waals surface area (Å²) in [6, 6.07) is 3.86. The number of hydrogen-bond acceptors (Lipinski definition) is 9. The first-order valence-electron chi connectivity index (χ1n) is 9.25. The molecule has 31 heavy (non-hydrogen) atoms. The number of nitrogens with two attached hydrogens (primary N) is 1. The van der Waals surface area contributed by atoms with Crippen molar-refractivity contribution < 1.29 is 29.2 Å². The Hall–Kier alpha value is -2.51. The number of imide groups is 1. The Morgan fingerprint density at radius 3 is 2.52 bits per heavy atom. The van der Waals surface area contributed by atoms with Gasteiger partial charge in [-0.15, -0.1) is 11.8 Å². The molecule has 170 valence electrons. The third kappa shape index (κ3) is 6.02. The SMILES string of the molecule is CSC(C(=O)N(C(N)=O)C(C)O)C1CC(S)CN1C(=O)OCc1ccc([N+](=O)[O-])cc1. The fourth-order valence-electron chi connectivity index (χ4n) is 3.32. The predicted molar refractivity (Wildman–Crippen MR) is 117 cm³/mol. The van der Waals surface area contributed by atoms with Gasteiger partial charge in [-0.05, 0) is 37.3 Å². The Labute approximate surface area is 188 Å². The van der Waals surface area contributed by atoms with Gasteiger partial charge in [-0.3, -0.25) is 14.9 Å². The summed E-state index contributed by atoms with van der Waals surface area (Å²) < 4.78 is 5.33. The maximum Gasteiger partial charge on any atom is 0.410 e. The van der Waals surface area contributed by atoms with E-state index in [4.69, 9.17) is 10.5 Å². The number of urea groups is 1. The summed E-state index contributed by atoms with van der Waals surface area (Å²) in [5.74, 6) is -0.712. The lowest BCUT2D eigenvalue weighted by atomic mass is 10.1. The van der Waals surface area contributed by atoms with Crippen molar-refractivity contribution in [3.05, 3.63) is 39.9 Å². The minimum Gasteiger partial charge on any atom is -0.445 e. The second kappa shape index (κ2) is 10.7. The number of amides is 4. The number of carbonyl (C=O) groups excluding carboxylic acids is 3. The summed E-state index contributed by atoms with van der Waals surface area (Å²) in [5, 5.41) is 19.4. The Bertz CT molecular complexity index is 837. The van der Waals surface area contributed by atoms with E-state index in [9.17, 15) is 29.6 Å². The highest BCUT2D eigenvalue weighted by Crippen LogP contribution is 2.31. The van der Waals surface area contributed by atoms with Gasteiger partial charge in [0.05, 0.1) is 11.0 Å². The van der Waals surface area contributed by atoms with E-state index in [1.54, 1.807) is 6.26 Å². The van der Waals surface area contributed by atoms with E-state index in [1.807, 2.05) is 0 Å². The molecule has 3 N–H and O–H groups in total. The molecule has 0 aromatic heterocycles. The number of thiol groups is 1. The van der Waals surface area contributed by atoms with Crippen LogP contribution in [0.1, 0.15) is 18.9 Å². The van der Waals surface area contributed by atoms with Gasteiger partial charge in [0, 0.05) is 23.9 Å². The molecule has 1 heterocycles. The molecule has 1 fully saturated rings. The molecule has 1 aliphatic rings. The average Bonchev–Trinajstić information content (AvgIpc) is 3.07. The van der Waals surface area contributed by atoms with Crippen LogP contribution in [-0.4, -0.2) is 73.4 Å². The Balaban J connectivity index is 2.12. The molecule has 4 atom stereocenters. The summed E-state index contributed by atoms with van der Waals surface area (Å²) in [6.07, 6.45) is -0.0834. The number of carbonyl (C=O) groups is 3. The number of primary amides is 1. The molecule has 11 nitrogen and oxygen atoms in total. The standard InChI is InChI=1S/C18H24N4O7S2/c1-10(23)21(17(19)25)16(24)15(31-2)14-7-13(30)8-20(14)18(26)29-9-11-3-5-12(6-4-11)22(27)28/h3-6,10,13-15,23,30H,7-9H2,1-2H3,(H2,19,25). The molecule has 4 unspecified atom stereocenters. The van der Waals surface area contributed by atoms with Crippen molar-refractivity contribution in [2.24, 2.45) is 5.73 Å². The molecule has 2 rings (SSSR count). The summed E-state index contributed by atoms with van der Waals surface area (Å²) in [5.41, 5.74) is 5.71. The molecular weight excluding hydrogens is 448 g/mol. The molecule has 4 amide bonds. The van der Waals surface area contributed by atoms with Crippen LogP contribution in [0.4, 0.5) is 15.3 Å². The summed E-state index contributed by atoms with van der Waals surface area (Å²) in [7, 11) is 0. The summed E-state index contributed by atoms with van der Waals surface area (Å²) in [6.45, 7) is 1.35. The van der Waals surface area contributed by atoms with Crippen LogP contribution in [0.2, 0.25) is 0 Å². The van der Waals surface area contributed by atoms with E-state index in [1.165, 1.54) is 36.1 Å². The van der Waals surface area contributed by atoms with Gasteiger partial charge >= 0.3 is 12.1 Å². The van der Waals surface area contributed by atoms with Crippen LogP contribution in [0.5, 0.6) is 0 Å². The van der Waals surface area contributed by atoms with Crippen molar-refractivity contribution in [2.75, 3.05) is 12.8 Å². The van der Waals surface area contributed by atoms with Crippen molar-refractivity contribution in [1.29, 1.82) is 0 Å². The van der Waals surface area contributed by atoms with Gasteiger partial charge in [0.15, 0.2) is 0 Å². The number of aliphatic hydroxyl groups is 1. The number of nitrogens with zero attached hydrogens (tertiary/aromatic N) is 3. The molecule has 13 heteroatoms. The van der Waals surface area contributed by atoms with E-state index in [2.05, 4.69) is 12.6 Å². The van der Waals surface area contributed by atoms with Crippen LogP contribution >= 0.6 is 24.4 Å². The number of ether oxygens (including phenoxy) is 1. The van der Waals surface area contributed by atoms with E-state index >= 15 is 0 Å². The van der Waals surface area contributed by atoms with E-state index < -0.39 is 40.5 Å². The number of thioether (sulfide) groups is 1. The quantitative estimate of drug-likeness (QED) is 0.234. The summed E-state index contributed by atoms with van der Waals surface area (Å²) in [4.78, 5) is 49.3. The lowest BCUT2D eigenvalue weighted by Crippen LogP contribution is -2.54. The number of nitro benzene ring substituents is 1. The van der Waals surface area contributed by atoms with Crippen LogP contribution in [-0.2, 0) is 16.1 Å². The monoisotopic (exact) mass is 472 g/mol. The van der Waals surface area contributed by atoms with Gasteiger partial charge in [0.1, 0.15) is 18.1 Å². The number of rotatable bonds is 7. The second-order valence-electron chi connectivity index (χ2n) is 6.92. The lowest BCUT2D eigenvalue weighted by Gasteiger charge is -2.32. The molecule has 1 saturated heterocycles. The first-order valence-corrected chi connectivity index (χ1v) is 11.0. The minimum atomic E-state index is -1.42. The fourth-order valence-corrected chi connectivity index (χ4v) is 4.60. The van der Waals surface area contributed by atoms with Crippen molar-refractivity contribution in [3.63, 3.8) is 0 Å². The number of benzene rings is 1. The van der Waals surface area contributed by atoms with Gasteiger partial charge in [-0.2, -0.15) is 12.6 Å². The van der Waals surface area contributed by atoms with E-state index in [0.717, 1.165) is 11.8 Å². The highest BCUT2D eigenvalue weighted by atomic mass is 32.2. The molecular formula is C18H24N4O7S2. The highest BCUT2D eigenvalue weighted by Gasteiger charge is 2.44. The van der Waals surface area contributed by atoms with Gasteiger partial charge in [0.25, 0.3) is 5.69 Å². The Kier molecular flexibility index (Phi) is 8.53. The van der Waals surface area contributed by atoms with Crippen LogP contribution in [0, 0.1) is 10.1 Å². The predicted octanol–water partition coefficient (Wildman–Crippen LogP) is 1.58. The third-order valence-electron chi connectivity index (χ3n) is 4.76. The number of hydrogen-bond donors (Lipinski definition) is 3. The molecule has 0 spiro atoms. The Morgan fingerprint density at radius 1 is 1.42 bits per heavy atom. The summed E-state index contributed by atoms with van der Waals surface area (Å²) >= 11 is 5.54. The largest absolute Gasteiger partial charge is 0.445 e. The molecule has 0 bridgehead atoms. The number of likely N-dealkylation sites (tertiary alicyclic amines) is 1. The minimum absolute atomic E-state index is 0.0777. The van der Waals surface area contributed by atoms with Crippen molar-refractivity contribution >= 4 is 48.1 Å². The highest BCUT2D eigenvalue weighted by molar-refractivity contribution is 8.00.